The Morgan fingerprint density at radius 2 is 2.00 bits per heavy atom. The highest BCUT2D eigenvalue weighted by Gasteiger charge is 2.08. The molecule has 2 aromatic rings. The van der Waals surface area contributed by atoms with Crippen molar-refractivity contribution in [2.24, 2.45) is 0 Å². The van der Waals surface area contributed by atoms with Gasteiger partial charge in [-0.3, -0.25) is 0 Å². The van der Waals surface area contributed by atoms with Crippen LogP contribution in [0.25, 0.3) is 0 Å². The van der Waals surface area contributed by atoms with Gasteiger partial charge in [-0.2, -0.15) is 11.3 Å². The first-order valence-electron chi connectivity index (χ1n) is 6.66. The first-order valence-corrected chi connectivity index (χ1v) is 7.61. The number of hydrogen-bond donors (Lipinski definition) is 2. The average molecular weight is 291 g/mol. The molecule has 1 aromatic heterocycles. The molecule has 0 radical (unpaired) electrons. The van der Waals surface area contributed by atoms with Gasteiger partial charge in [-0.15, -0.1) is 0 Å². The molecule has 0 aliphatic carbocycles. The summed E-state index contributed by atoms with van der Waals surface area (Å²) >= 11 is 1.60. The van der Waals surface area contributed by atoms with Gasteiger partial charge in [0.1, 0.15) is 5.75 Å². The number of rotatable bonds is 6. The number of nitrogens with one attached hydrogen (secondary N) is 1. The molecule has 0 amide bonds. The second-order valence-electron chi connectivity index (χ2n) is 4.97. The van der Waals surface area contributed by atoms with Crippen molar-refractivity contribution in [3.8, 4) is 5.75 Å². The van der Waals surface area contributed by atoms with Gasteiger partial charge in [-0.25, -0.2) is 0 Å². The Kier molecular flexibility index (Phi) is 5.17. The molecule has 0 fully saturated rings. The van der Waals surface area contributed by atoms with Crippen molar-refractivity contribution < 1.29 is 9.84 Å². The van der Waals surface area contributed by atoms with Crippen LogP contribution < -0.4 is 10.1 Å². The molecule has 4 heteroatoms. The number of aliphatic hydroxyl groups is 1. The van der Waals surface area contributed by atoms with Crippen molar-refractivity contribution in [1.29, 1.82) is 0 Å². The molecule has 0 aliphatic rings. The predicted octanol–water partition coefficient (Wildman–Crippen LogP) is 3.20. The second-order valence-corrected chi connectivity index (χ2v) is 5.75. The fraction of sp³-hybridized carbons (Fsp3) is 0.375. The van der Waals surface area contributed by atoms with Crippen molar-refractivity contribution in [2.75, 3.05) is 13.7 Å². The van der Waals surface area contributed by atoms with Gasteiger partial charge in [0, 0.05) is 13.1 Å². The molecule has 1 aromatic carbocycles. The third kappa shape index (κ3) is 3.60. The third-order valence-electron chi connectivity index (χ3n) is 3.32. The highest BCUT2D eigenvalue weighted by atomic mass is 32.1. The van der Waals surface area contributed by atoms with Crippen LogP contribution in [0.4, 0.5) is 0 Å². The molecule has 0 spiro atoms. The van der Waals surface area contributed by atoms with Crippen molar-refractivity contribution in [2.45, 2.75) is 26.5 Å². The molecule has 0 bridgehead atoms. The molecule has 0 saturated carbocycles. The van der Waals surface area contributed by atoms with Gasteiger partial charge in [0.25, 0.3) is 0 Å². The zero-order valence-corrected chi connectivity index (χ0v) is 13.0. The second kappa shape index (κ2) is 6.88. The van der Waals surface area contributed by atoms with E-state index in [1.54, 1.807) is 18.4 Å². The van der Waals surface area contributed by atoms with Gasteiger partial charge < -0.3 is 15.2 Å². The molecular weight excluding hydrogens is 270 g/mol. The van der Waals surface area contributed by atoms with Gasteiger partial charge in [0.2, 0.25) is 0 Å². The summed E-state index contributed by atoms with van der Waals surface area (Å²) in [6, 6.07) is 6.20. The first kappa shape index (κ1) is 15.0. The molecule has 1 unspecified atom stereocenters. The SMILES string of the molecule is COc1c(C)cc(CNCC(O)c2ccsc2)cc1C. The zero-order valence-electron chi connectivity index (χ0n) is 12.1. The molecule has 2 N–H and O–H groups in total. The number of thiophene rings is 1. The molecule has 1 heterocycles. The predicted molar refractivity (Wildman–Crippen MR) is 83.5 cm³/mol. The van der Waals surface area contributed by atoms with E-state index < -0.39 is 6.10 Å². The van der Waals surface area contributed by atoms with E-state index in [-0.39, 0.29) is 0 Å². The Morgan fingerprint density at radius 3 is 2.55 bits per heavy atom. The minimum absolute atomic E-state index is 0.443. The van der Waals surface area contributed by atoms with Crippen LogP contribution in [0.3, 0.4) is 0 Å². The molecule has 1 atom stereocenters. The summed E-state index contributed by atoms with van der Waals surface area (Å²) < 4.78 is 5.36. The lowest BCUT2D eigenvalue weighted by molar-refractivity contribution is 0.175. The summed E-state index contributed by atoms with van der Waals surface area (Å²) in [5.41, 5.74) is 4.47. The quantitative estimate of drug-likeness (QED) is 0.859. The lowest BCUT2D eigenvalue weighted by atomic mass is 10.1. The molecule has 20 heavy (non-hydrogen) atoms. The third-order valence-corrected chi connectivity index (χ3v) is 4.02. The lowest BCUT2D eigenvalue weighted by Crippen LogP contribution is -2.20. The van der Waals surface area contributed by atoms with Crippen molar-refractivity contribution in [3.63, 3.8) is 0 Å². The van der Waals surface area contributed by atoms with Crippen LogP contribution in [-0.4, -0.2) is 18.8 Å². The van der Waals surface area contributed by atoms with E-state index in [2.05, 4.69) is 31.3 Å². The fourth-order valence-corrected chi connectivity index (χ4v) is 3.11. The van der Waals surface area contributed by atoms with Crippen LogP contribution in [0.2, 0.25) is 0 Å². The standard InChI is InChI=1S/C16H21NO2S/c1-11-6-13(7-12(2)16(11)19-3)8-17-9-15(18)14-4-5-20-10-14/h4-7,10,15,17-18H,8-9H2,1-3H3. The molecular formula is C16H21NO2S. The van der Waals surface area contributed by atoms with E-state index in [9.17, 15) is 5.11 Å². The maximum absolute atomic E-state index is 10.0. The van der Waals surface area contributed by atoms with E-state index in [0.717, 1.165) is 29.0 Å². The fourth-order valence-electron chi connectivity index (χ4n) is 2.40. The number of hydrogen-bond acceptors (Lipinski definition) is 4. The topological polar surface area (TPSA) is 41.5 Å². The van der Waals surface area contributed by atoms with Crippen molar-refractivity contribution in [1.82, 2.24) is 5.32 Å². The number of ether oxygens (including phenoxy) is 1. The zero-order chi connectivity index (χ0) is 14.5. The van der Waals surface area contributed by atoms with Crippen molar-refractivity contribution in [3.05, 3.63) is 51.2 Å². The Bertz CT molecular complexity index is 529. The summed E-state index contributed by atoms with van der Waals surface area (Å²) in [5.74, 6) is 0.951. The van der Waals surface area contributed by atoms with Crippen LogP contribution in [0.15, 0.2) is 29.0 Å². The Hall–Kier alpha value is -1.36. The molecule has 0 saturated heterocycles. The van der Waals surface area contributed by atoms with E-state index >= 15 is 0 Å². The largest absolute Gasteiger partial charge is 0.496 e. The highest BCUT2D eigenvalue weighted by molar-refractivity contribution is 7.07. The number of aliphatic hydroxyl groups excluding tert-OH is 1. The summed E-state index contributed by atoms with van der Waals surface area (Å²) in [5, 5.41) is 17.3. The van der Waals surface area contributed by atoms with Gasteiger partial charge in [0.05, 0.1) is 13.2 Å². The number of methoxy groups -OCH3 is 1. The monoisotopic (exact) mass is 291 g/mol. The summed E-state index contributed by atoms with van der Waals surface area (Å²) in [7, 11) is 1.70. The molecule has 3 nitrogen and oxygen atoms in total. The van der Waals surface area contributed by atoms with Gasteiger partial charge >= 0.3 is 0 Å². The normalized spacial score (nSPS) is 12.4. The maximum atomic E-state index is 10.0. The summed E-state index contributed by atoms with van der Waals surface area (Å²) in [6.45, 7) is 5.40. The number of aryl methyl sites for hydroxylation is 2. The van der Waals surface area contributed by atoms with Crippen LogP contribution in [0.5, 0.6) is 5.75 Å². The van der Waals surface area contributed by atoms with E-state index in [0.29, 0.717) is 6.54 Å². The van der Waals surface area contributed by atoms with E-state index in [4.69, 9.17) is 4.74 Å². The Morgan fingerprint density at radius 1 is 1.30 bits per heavy atom. The maximum Gasteiger partial charge on any atom is 0.124 e. The minimum Gasteiger partial charge on any atom is -0.496 e. The highest BCUT2D eigenvalue weighted by Crippen LogP contribution is 2.24. The van der Waals surface area contributed by atoms with E-state index in [1.165, 1.54) is 5.56 Å². The van der Waals surface area contributed by atoms with Gasteiger partial charge in [-0.1, -0.05) is 12.1 Å². The smallest absolute Gasteiger partial charge is 0.124 e. The van der Waals surface area contributed by atoms with Crippen molar-refractivity contribution >= 4 is 11.3 Å². The first-order chi connectivity index (χ1) is 9.61. The molecule has 0 aliphatic heterocycles. The van der Waals surface area contributed by atoms with E-state index in [1.807, 2.05) is 16.8 Å². The minimum atomic E-state index is -0.443. The van der Waals surface area contributed by atoms with Crippen LogP contribution in [0, 0.1) is 13.8 Å². The summed E-state index contributed by atoms with van der Waals surface area (Å²) in [6.07, 6.45) is -0.443. The summed E-state index contributed by atoms with van der Waals surface area (Å²) in [4.78, 5) is 0. The van der Waals surface area contributed by atoms with Gasteiger partial charge in [-0.05, 0) is 52.9 Å². The van der Waals surface area contributed by atoms with Gasteiger partial charge in [0.15, 0.2) is 0 Å². The average Bonchev–Trinajstić information content (AvgIpc) is 2.92. The van der Waals surface area contributed by atoms with Crippen LogP contribution in [-0.2, 0) is 6.54 Å². The molecule has 108 valence electrons. The molecule has 2 rings (SSSR count). The Labute approximate surface area is 124 Å². The van der Waals surface area contributed by atoms with Crippen LogP contribution >= 0.6 is 11.3 Å². The number of benzene rings is 1. The Balaban J connectivity index is 1.91. The van der Waals surface area contributed by atoms with Crippen LogP contribution in [0.1, 0.15) is 28.4 Å². The lowest BCUT2D eigenvalue weighted by Gasteiger charge is -2.13.